The molecule has 11 heteroatoms. The van der Waals surface area contributed by atoms with Gasteiger partial charge in [-0.2, -0.15) is 8.78 Å². The van der Waals surface area contributed by atoms with Gasteiger partial charge in [0.15, 0.2) is 24.1 Å². The first-order valence-corrected chi connectivity index (χ1v) is 9.35. The van der Waals surface area contributed by atoms with Crippen LogP contribution in [0.15, 0.2) is 12.4 Å². The second-order valence-electron chi connectivity index (χ2n) is 7.50. The normalized spacial score (nSPS) is 20.7. The summed E-state index contributed by atoms with van der Waals surface area (Å²) in [5.41, 5.74) is -1.66. The first-order valence-electron chi connectivity index (χ1n) is 9.35. The molecule has 5 rings (SSSR count). The SMILES string of the molecule is FCC(F)(F)c1cc2c(nc(N3CCN4CCCC4C3)c3nncn32)c(F)c1F. The number of hydrogen-bond donors (Lipinski definition) is 0. The van der Waals surface area contributed by atoms with Crippen molar-refractivity contribution in [2.45, 2.75) is 24.8 Å². The molecule has 2 saturated heterocycles. The van der Waals surface area contributed by atoms with E-state index in [0.717, 1.165) is 32.0 Å². The summed E-state index contributed by atoms with van der Waals surface area (Å²) in [4.78, 5) is 8.57. The van der Waals surface area contributed by atoms with Crippen LogP contribution < -0.4 is 4.90 Å². The van der Waals surface area contributed by atoms with Crippen LogP contribution in [0, 0.1) is 11.6 Å². The van der Waals surface area contributed by atoms with E-state index in [1.807, 2.05) is 4.90 Å². The van der Waals surface area contributed by atoms with Crippen molar-refractivity contribution in [3.8, 4) is 0 Å². The van der Waals surface area contributed by atoms with Crippen LogP contribution in [0.3, 0.4) is 0 Å². The highest BCUT2D eigenvalue weighted by molar-refractivity contribution is 5.84. The Labute approximate surface area is 161 Å². The van der Waals surface area contributed by atoms with E-state index < -0.39 is 35.3 Å². The van der Waals surface area contributed by atoms with Crippen molar-refractivity contribution < 1.29 is 22.0 Å². The van der Waals surface area contributed by atoms with Gasteiger partial charge in [-0.1, -0.05) is 0 Å². The Morgan fingerprint density at radius 3 is 2.76 bits per heavy atom. The summed E-state index contributed by atoms with van der Waals surface area (Å²) < 4.78 is 70.8. The Balaban J connectivity index is 1.70. The van der Waals surface area contributed by atoms with Gasteiger partial charge in [0.25, 0.3) is 0 Å². The minimum absolute atomic E-state index is 0.143. The number of fused-ring (bicyclic) bond motifs is 4. The van der Waals surface area contributed by atoms with Crippen LogP contribution in [0.25, 0.3) is 16.7 Å². The van der Waals surface area contributed by atoms with E-state index in [0.29, 0.717) is 24.9 Å². The van der Waals surface area contributed by atoms with Crippen LogP contribution in [0.4, 0.5) is 27.8 Å². The molecule has 2 aromatic heterocycles. The van der Waals surface area contributed by atoms with Crippen molar-refractivity contribution >= 4 is 22.5 Å². The third-order valence-corrected chi connectivity index (χ3v) is 5.83. The number of benzene rings is 1. The second kappa shape index (κ2) is 6.48. The van der Waals surface area contributed by atoms with Crippen LogP contribution >= 0.6 is 0 Å². The highest BCUT2D eigenvalue weighted by atomic mass is 19.3. The highest BCUT2D eigenvalue weighted by Gasteiger charge is 2.38. The first-order chi connectivity index (χ1) is 13.9. The van der Waals surface area contributed by atoms with Crippen molar-refractivity contribution in [3.63, 3.8) is 0 Å². The Hall–Kier alpha value is -2.56. The molecule has 3 aromatic rings. The van der Waals surface area contributed by atoms with Crippen molar-refractivity contribution in [1.82, 2.24) is 24.5 Å². The van der Waals surface area contributed by atoms with Crippen molar-refractivity contribution in [1.29, 1.82) is 0 Å². The number of nitrogens with zero attached hydrogens (tertiary/aromatic N) is 6. The van der Waals surface area contributed by atoms with Gasteiger partial charge in [-0.3, -0.25) is 9.30 Å². The maximum atomic E-state index is 14.7. The van der Waals surface area contributed by atoms with E-state index in [-0.39, 0.29) is 11.2 Å². The molecule has 2 aliphatic heterocycles. The number of aromatic nitrogens is 4. The maximum Gasteiger partial charge on any atom is 0.304 e. The average Bonchev–Trinajstić information content (AvgIpc) is 3.38. The predicted molar refractivity (Wildman–Crippen MR) is 94.9 cm³/mol. The van der Waals surface area contributed by atoms with Crippen LogP contribution in [0.1, 0.15) is 18.4 Å². The lowest BCUT2D eigenvalue weighted by atomic mass is 10.1. The second-order valence-corrected chi connectivity index (χ2v) is 7.50. The molecule has 0 N–H and O–H groups in total. The average molecular weight is 412 g/mol. The molecule has 2 fully saturated rings. The van der Waals surface area contributed by atoms with E-state index in [9.17, 15) is 22.0 Å². The standard InChI is InChI=1S/C18H17F5N6/c19-8-18(22,23)11-6-12-15(14(21)13(11)20)25-16(17-26-24-9-29(12)17)28-5-4-27-3-1-2-10(27)7-28/h6,9-10H,1-5,7-8H2. The van der Waals surface area contributed by atoms with Crippen LogP contribution in [-0.2, 0) is 5.92 Å². The van der Waals surface area contributed by atoms with E-state index >= 15 is 0 Å². The molecule has 1 unspecified atom stereocenters. The highest BCUT2D eigenvalue weighted by Crippen LogP contribution is 2.36. The molecule has 0 aliphatic carbocycles. The number of anilines is 1. The number of hydrogen-bond acceptors (Lipinski definition) is 5. The summed E-state index contributed by atoms with van der Waals surface area (Å²) in [7, 11) is 0. The van der Waals surface area contributed by atoms with E-state index in [2.05, 4.69) is 20.1 Å². The predicted octanol–water partition coefficient (Wildman–Crippen LogP) is 2.90. The molecule has 154 valence electrons. The molecule has 4 heterocycles. The van der Waals surface area contributed by atoms with Gasteiger partial charge in [0, 0.05) is 25.7 Å². The fraction of sp³-hybridized carbons (Fsp3) is 0.500. The minimum atomic E-state index is -4.16. The number of alkyl halides is 3. The lowest BCUT2D eigenvalue weighted by Gasteiger charge is -2.38. The van der Waals surface area contributed by atoms with E-state index in [1.54, 1.807) is 0 Å². The molecule has 0 saturated carbocycles. The lowest BCUT2D eigenvalue weighted by molar-refractivity contribution is -0.0315. The summed E-state index contributed by atoms with van der Waals surface area (Å²) in [5, 5.41) is 7.81. The smallest absolute Gasteiger partial charge is 0.304 e. The summed E-state index contributed by atoms with van der Waals surface area (Å²) >= 11 is 0. The zero-order valence-electron chi connectivity index (χ0n) is 15.3. The van der Waals surface area contributed by atoms with Gasteiger partial charge < -0.3 is 4.90 Å². The van der Waals surface area contributed by atoms with Gasteiger partial charge in [0.2, 0.25) is 5.65 Å². The minimum Gasteiger partial charge on any atom is -0.351 e. The van der Waals surface area contributed by atoms with Gasteiger partial charge in [-0.15, -0.1) is 10.2 Å². The zero-order valence-corrected chi connectivity index (χ0v) is 15.3. The van der Waals surface area contributed by atoms with Gasteiger partial charge in [0.1, 0.15) is 11.8 Å². The van der Waals surface area contributed by atoms with Crippen molar-refractivity contribution in [2.75, 3.05) is 37.8 Å². The largest absolute Gasteiger partial charge is 0.351 e. The van der Waals surface area contributed by atoms with E-state index in [4.69, 9.17) is 0 Å². The van der Waals surface area contributed by atoms with Gasteiger partial charge in [-0.25, -0.2) is 18.2 Å². The molecule has 1 atom stereocenters. The quantitative estimate of drug-likeness (QED) is 0.620. The molecule has 0 bridgehead atoms. The third kappa shape index (κ3) is 2.74. The first kappa shape index (κ1) is 18.5. The topological polar surface area (TPSA) is 49.6 Å². The van der Waals surface area contributed by atoms with Gasteiger partial charge in [-0.05, 0) is 25.5 Å². The fourth-order valence-corrected chi connectivity index (χ4v) is 4.35. The lowest BCUT2D eigenvalue weighted by Crippen LogP contribution is -2.50. The molecule has 0 spiro atoms. The van der Waals surface area contributed by atoms with Gasteiger partial charge in [0.05, 0.1) is 11.1 Å². The Kier molecular flexibility index (Phi) is 4.12. The summed E-state index contributed by atoms with van der Waals surface area (Å²) in [6, 6.07) is 1.06. The van der Waals surface area contributed by atoms with Crippen LogP contribution in [-0.4, -0.2) is 63.4 Å². The number of piperazine rings is 1. The van der Waals surface area contributed by atoms with Gasteiger partial charge >= 0.3 is 5.92 Å². The Morgan fingerprint density at radius 2 is 1.97 bits per heavy atom. The van der Waals surface area contributed by atoms with E-state index in [1.165, 1.54) is 10.7 Å². The summed E-state index contributed by atoms with van der Waals surface area (Å²) in [6.45, 7) is 0.985. The summed E-state index contributed by atoms with van der Waals surface area (Å²) in [6.07, 6.45) is 3.37. The Bertz CT molecular complexity index is 1100. The molecular weight excluding hydrogens is 395 g/mol. The molecule has 0 amide bonds. The number of rotatable bonds is 3. The fourth-order valence-electron chi connectivity index (χ4n) is 4.35. The Morgan fingerprint density at radius 1 is 1.14 bits per heavy atom. The summed E-state index contributed by atoms with van der Waals surface area (Å²) in [5.74, 6) is -7.17. The zero-order chi connectivity index (χ0) is 20.3. The van der Waals surface area contributed by atoms with Crippen LogP contribution in [0.2, 0.25) is 0 Å². The molecule has 2 aliphatic rings. The monoisotopic (exact) mass is 412 g/mol. The molecule has 0 radical (unpaired) electrons. The molecule has 29 heavy (non-hydrogen) atoms. The maximum absolute atomic E-state index is 14.7. The number of halogens is 5. The third-order valence-electron chi connectivity index (χ3n) is 5.83. The molecular formula is C18H17F5N6. The molecule has 6 nitrogen and oxygen atoms in total. The van der Waals surface area contributed by atoms with Crippen molar-refractivity contribution in [2.24, 2.45) is 0 Å². The van der Waals surface area contributed by atoms with Crippen molar-refractivity contribution in [3.05, 3.63) is 29.6 Å². The van der Waals surface area contributed by atoms with Crippen LogP contribution in [0.5, 0.6) is 0 Å². The molecule has 1 aromatic carbocycles.